The standard InChI is InChI=1S/C18H13F2NOS2/c19-12-7-8-16(15(20)10-12)21-18(22)14-5-1-2-6-17(14)24-11-13-4-3-9-23-13/h1-10H,11H2,(H,21,22). The molecule has 0 unspecified atom stereocenters. The van der Waals surface area contributed by atoms with Gasteiger partial charge in [0.15, 0.2) is 0 Å². The van der Waals surface area contributed by atoms with Crippen molar-refractivity contribution < 1.29 is 13.6 Å². The Kier molecular flexibility index (Phi) is 5.27. The predicted molar refractivity (Wildman–Crippen MR) is 94.6 cm³/mol. The molecule has 3 aromatic rings. The van der Waals surface area contributed by atoms with Crippen LogP contribution in [0.25, 0.3) is 0 Å². The van der Waals surface area contributed by atoms with Gasteiger partial charge in [-0.3, -0.25) is 4.79 Å². The number of thioether (sulfide) groups is 1. The molecule has 0 saturated carbocycles. The van der Waals surface area contributed by atoms with Crippen LogP contribution in [0.5, 0.6) is 0 Å². The highest BCUT2D eigenvalue weighted by atomic mass is 32.2. The topological polar surface area (TPSA) is 29.1 Å². The van der Waals surface area contributed by atoms with Crippen molar-refractivity contribution >= 4 is 34.7 Å². The van der Waals surface area contributed by atoms with Gasteiger partial charge in [-0.2, -0.15) is 0 Å². The summed E-state index contributed by atoms with van der Waals surface area (Å²) in [5.74, 6) is -1.15. The summed E-state index contributed by atoms with van der Waals surface area (Å²) in [6, 6.07) is 14.2. The van der Waals surface area contributed by atoms with Gasteiger partial charge in [-0.1, -0.05) is 18.2 Å². The van der Waals surface area contributed by atoms with E-state index >= 15 is 0 Å². The molecule has 0 bridgehead atoms. The fraction of sp³-hybridized carbons (Fsp3) is 0.0556. The average molecular weight is 361 g/mol. The Hall–Kier alpha value is -2.18. The van der Waals surface area contributed by atoms with Gasteiger partial charge in [-0.15, -0.1) is 23.1 Å². The lowest BCUT2D eigenvalue weighted by molar-refractivity contribution is 0.102. The molecule has 1 amide bonds. The maximum Gasteiger partial charge on any atom is 0.256 e. The SMILES string of the molecule is O=C(Nc1ccc(F)cc1F)c1ccccc1SCc1cccs1. The zero-order valence-corrected chi connectivity index (χ0v) is 14.1. The number of anilines is 1. The third-order valence-electron chi connectivity index (χ3n) is 3.26. The second kappa shape index (κ2) is 7.59. The van der Waals surface area contributed by atoms with Gasteiger partial charge in [0.25, 0.3) is 5.91 Å². The van der Waals surface area contributed by atoms with Gasteiger partial charge in [0.05, 0.1) is 11.3 Å². The summed E-state index contributed by atoms with van der Waals surface area (Å²) in [4.78, 5) is 14.5. The molecule has 1 heterocycles. The van der Waals surface area contributed by atoms with Crippen molar-refractivity contribution in [2.24, 2.45) is 0 Å². The summed E-state index contributed by atoms with van der Waals surface area (Å²) in [7, 11) is 0. The number of hydrogen-bond acceptors (Lipinski definition) is 3. The first-order valence-electron chi connectivity index (χ1n) is 7.14. The molecule has 6 heteroatoms. The van der Waals surface area contributed by atoms with E-state index < -0.39 is 17.5 Å². The Balaban J connectivity index is 1.77. The maximum atomic E-state index is 13.7. The van der Waals surface area contributed by atoms with Crippen molar-refractivity contribution in [3.63, 3.8) is 0 Å². The van der Waals surface area contributed by atoms with Crippen LogP contribution in [-0.2, 0) is 5.75 Å². The van der Waals surface area contributed by atoms with E-state index in [1.165, 1.54) is 10.9 Å². The lowest BCUT2D eigenvalue weighted by Crippen LogP contribution is -2.14. The first-order chi connectivity index (χ1) is 11.6. The Bertz CT molecular complexity index is 850. The highest BCUT2D eigenvalue weighted by molar-refractivity contribution is 7.98. The summed E-state index contributed by atoms with van der Waals surface area (Å²) in [6.07, 6.45) is 0. The molecular weight excluding hydrogens is 348 g/mol. The maximum absolute atomic E-state index is 13.7. The van der Waals surface area contributed by atoms with Crippen LogP contribution in [0.2, 0.25) is 0 Å². The second-order valence-corrected chi connectivity index (χ2v) is 6.99. The highest BCUT2D eigenvalue weighted by Crippen LogP contribution is 2.28. The van der Waals surface area contributed by atoms with Crippen LogP contribution < -0.4 is 5.32 Å². The van der Waals surface area contributed by atoms with E-state index in [4.69, 9.17) is 0 Å². The molecule has 0 radical (unpaired) electrons. The Morgan fingerprint density at radius 2 is 1.92 bits per heavy atom. The number of thiophene rings is 1. The highest BCUT2D eigenvalue weighted by Gasteiger charge is 2.14. The van der Waals surface area contributed by atoms with E-state index in [2.05, 4.69) is 5.32 Å². The summed E-state index contributed by atoms with van der Waals surface area (Å²) in [6.45, 7) is 0. The minimum absolute atomic E-state index is 0.0422. The first kappa shape index (κ1) is 16.7. The molecule has 122 valence electrons. The van der Waals surface area contributed by atoms with Crippen LogP contribution in [0, 0.1) is 11.6 Å². The van der Waals surface area contributed by atoms with Crippen LogP contribution in [0.1, 0.15) is 15.2 Å². The minimum Gasteiger partial charge on any atom is -0.319 e. The molecule has 24 heavy (non-hydrogen) atoms. The predicted octanol–water partition coefficient (Wildman–Crippen LogP) is 5.57. The fourth-order valence-electron chi connectivity index (χ4n) is 2.10. The number of carbonyl (C=O) groups is 1. The Morgan fingerprint density at radius 1 is 1.08 bits per heavy atom. The number of amides is 1. The van der Waals surface area contributed by atoms with E-state index in [1.807, 2.05) is 29.6 Å². The molecule has 1 aromatic heterocycles. The molecule has 1 N–H and O–H groups in total. The smallest absolute Gasteiger partial charge is 0.256 e. The van der Waals surface area contributed by atoms with Crippen molar-refractivity contribution in [2.45, 2.75) is 10.6 Å². The summed E-state index contributed by atoms with van der Waals surface area (Å²) in [5, 5.41) is 4.50. The third kappa shape index (κ3) is 4.01. The molecule has 3 rings (SSSR count). The lowest BCUT2D eigenvalue weighted by Gasteiger charge is -2.10. The summed E-state index contributed by atoms with van der Waals surface area (Å²) < 4.78 is 26.7. The zero-order chi connectivity index (χ0) is 16.9. The van der Waals surface area contributed by atoms with Gasteiger partial charge in [-0.25, -0.2) is 8.78 Å². The van der Waals surface area contributed by atoms with E-state index in [9.17, 15) is 13.6 Å². The molecule has 2 nitrogen and oxygen atoms in total. The first-order valence-corrected chi connectivity index (χ1v) is 9.00. The van der Waals surface area contributed by atoms with Crippen LogP contribution in [0.3, 0.4) is 0 Å². The molecule has 0 atom stereocenters. The number of hydrogen-bond donors (Lipinski definition) is 1. The molecule has 0 aliphatic carbocycles. The fourth-order valence-corrected chi connectivity index (χ4v) is 3.93. The molecular formula is C18H13F2NOS2. The molecule has 0 spiro atoms. The monoisotopic (exact) mass is 361 g/mol. The number of rotatable bonds is 5. The van der Waals surface area contributed by atoms with Crippen LogP contribution in [-0.4, -0.2) is 5.91 Å². The van der Waals surface area contributed by atoms with E-state index in [0.717, 1.165) is 22.8 Å². The van der Waals surface area contributed by atoms with Crippen LogP contribution >= 0.6 is 23.1 Å². The molecule has 0 fully saturated rings. The largest absolute Gasteiger partial charge is 0.319 e. The third-order valence-corrected chi connectivity index (χ3v) is 5.44. The number of carbonyl (C=O) groups excluding carboxylic acids is 1. The molecule has 0 saturated heterocycles. The van der Waals surface area contributed by atoms with Gasteiger partial charge in [0.1, 0.15) is 11.6 Å². The Labute approximate surface area is 146 Å². The summed E-state index contributed by atoms with van der Waals surface area (Å²) >= 11 is 3.20. The quantitative estimate of drug-likeness (QED) is 0.602. The van der Waals surface area contributed by atoms with Crippen molar-refractivity contribution in [1.29, 1.82) is 0 Å². The average Bonchev–Trinajstić information content (AvgIpc) is 3.09. The number of nitrogens with one attached hydrogen (secondary N) is 1. The molecule has 2 aromatic carbocycles. The number of benzene rings is 2. The summed E-state index contributed by atoms with van der Waals surface area (Å²) in [5.41, 5.74) is 0.419. The van der Waals surface area contributed by atoms with Crippen molar-refractivity contribution in [2.75, 3.05) is 5.32 Å². The minimum atomic E-state index is -0.799. The molecule has 0 aliphatic heterocycles. The van der Waals surface area contributed by atoms with Gasteiger partial charge in [0, 0.05) is 21.6 Å². The van der Waals surface area contributed by atoms with Crippen LogP contribution in [0.4, 0.5) is 14.5 Å². The van der Waals surface area contributed by atoms with Gasteiger partial charge < -0.3 is 5.32 Å². The van der Waals surface area contributed by atoms with Gasteiger partial charge in [0.2, 0.25) is 0 Å². The van der Waals surface area contributed by atoms with Gasteiger partial charge >= 0.3 is 0 Å². The lowest BCUT2D eigenvalue weighted by atomic mass is 10.2. The zero-order valence-electron chi connectivity index (χ0n) is 12.5. The van der Waals surface area contributed by atoms with Gasteiger partial charge in [-0.05, 0) is 35.7 Å². The Morgan fingerprint density at radius 3 is 2.67 bits per heavy atom. The van der Waals surface area contributed by atoms with Crippen molar-refractivity contribution in [3.05, 3.63) is 82.1 Å². The van der Waals surface area contributed by atoms with Crippen molar-refractivity contribution in [3.8, 4) is 0 Å². The normalized spacial score (nSPS) is 10.6. The van der Waals surface area contributed by atoms with E-state index in [1.54, 1.807) is 35.2 Å². The second-order valence-electron chi connectivity index (χ2n) is 4.94. The molecule has 0 aliphatic rings. The van der Waals surface area contributed by atoms with Crippen LogP contribution in [0.15, 0.2) is 64.9 Å². The van der Waals surface area contributed by atoms with E-state index in [-0.39, 0.29) is 5.69 Å². The van der Waals surface area contributed by atoms with E-state index in [0.29, 0.717) is 5.56 Å². The number of halogens is 2. The van der Waals surface area contributed by atoms with Crippen molar-refractivity contribution in [1.82, 2.24) is 0 Å².